The molecule has 4 amide bonds. The van der Waals surface area contributed by atoms with Gasteiger partial charge in [0.25, 0.3) is 11.5 Å². The highest BCUT2D eigenvalue weighted by Crippen LogP contribution is 2.42. The lowest BCUT2D eigenvalue weighted by Crippen LogP contribution is -2.49. The molecule has 2 N–H and O–H groups in total. The minimum atomic E-state index is -0.915. The van der Waals surface area contributed by atoms with Gasteiger partial charge < -0.3 is 24.9 Å². The van der Waals surface area contributed by atoms with Crippen LogP contribution in [0.3, 0.4) is 0 Å². The topological polar surface area (TPSA) is 156 Å². The maximum absolute atomic E-state index is 15.0. The number of piperazine rings is 1. The molecule has 4 fully saturated rings. The molecule has 0 spiro atoms. The zero-order valence-corrected chi connectivity index (χ0v) is 36.2. The molecule has 4 aromatic rings. The molecule has 1 aromatic heterocycles. The van der Waals surface area contributed by atoms with Crippen LogP contribution in [-0.2, 0) is 25.6 Å². The molecule has 4 aliphatic heterocycles. The van der Waals surface area contributed by atoms with Crippen LogP contribution < -0.4 is 21.1 Å². The van der Waals surface area contributed by atoms with Gasteiger partial charge in [-0.15, -0.1) is 5.10 Å². The Morgan fingerprint density at radius 2 is 1.59 bits per heavy atom. The summed E-state index contributed by atoms with van der Waals surface area (Å²) >= 11 is 0. The predicted octanol–water partition coefficient (Wildman–Crippen LogP) is 3.70. The highest BCUT2D eigenvalue weighted by atomic mass is 19.1. The first-order chi connectivity index (χ1) is 30.5. The predicted molar refractivity (Wildman–Crippen MR) is 237 cm³/mol. The number of aryl methyl sites for hydroxylation is 1. The number of aromatic nitrogens is 3. The van der Waals surface area contributed by atoms with E-state index in [4.69, 9.17) is 0 Å². The quantitative estimate of drug-likeness (QED) is 0.212. The molecule has 5 heterocycles. The number of carbonyl (C=O) groups is 4. The molecule has 4 saturated heterocycles. The Morgan fingerprint density at radius 1 is 0.841 bits per heavy atom. The summed E-state index contributed by atoms with van der Waals surface area (Å²) in [5, 5.41) is 13.7. The van der Waals surface area contributed by atoms with Gasteiger partial charge in [0, 0.05) is 100 Å². The molecule has 16 heteroatoms. The summed E-state index contributed by atoms with van der Waals surface area (Å²) in [6.07, 6.45) is 5.20. The van der Waals surface area contributed by atoms with Gasteiger partial charge in [-0.1, -0.05) is 29.5 Å². The number of likely N-dealkylation sites (N-methyl/N-ethyl adjacent to an activating group) is 1. The highest BCUT2D eigenvalue weighted by molar-refractivity contribution is 5.99. The Kier molecular flexibility index (Phi) is 12.3. The van der Waals surface area contributed by atoms with Crippen molar-refractivity contribution in [2.24, 2.45) is 5.92 Å². The van der Waals surface area contributed by atoms with E-state index in [1.807, 2.05) is 15.9 Å². The third-order valence-electron chi connectivity index (χ3n) is 14.3. The third kappa shape index (κ3) is 8.92. The molecule has 4 atom stereocenters. The Balaban J connectivity index is 0.703. The molecule has 0 saturated carbocycles. The van der Waals surface area contributed by atoms with Crippen molar-refractivity contribution in [3.63, 3.8) is 0 Å². The molecule has 0 radical (unpaired) electrons. The summed E-state index contributed by atoms with van der Waals surface area (Å²) < 4.78 is 16.0. The molecule has 15 nitrogen and oxygen atoms in total. The summed E-state index contributed by atoms with van der Waals surface area (Å²) in [6, 6.07) is 19.0. The number of rotatable bonds is 11. The molecule has 9 rings (SSSR count). The first kappa shape index (κ1) is 42.6. The van der Waals surface area contributed by atoms with Crippen LogP contribution in [0.4, 0.5) is 15.8 Å². The SMILES string of the molecule is CN(C)[C@H]1CN(C2CCc3cccc(F)c32)C[C@@H]1c1ccc(N2CCN(C(=O)CCC3CCN(C(=O)CNc4ccc5nnn(C6CCC(=O)NC6=O)c(=O)c5c4)CC3)CC2)cc1. The van der Waals surface area contributed by atoms with Gasteiger partial charge in [0.1, 0.15) is 17.4 Å². The fourth-order valence-corrected chi connectivity index (χ4v) is 10.6. The number of anilines is 2. The molecular weight excluding hydrogens is 804 g/mol. The fourth-order valence-electron chi connectivity index (χ4n) is 10.6. The van der Waals surface area contributed by atoms with Crippen LogP contribution in [-0.4, -0.2) is 137 Å². The number of piperidine rings is 2. The first-order valence-electron chi connectivity index (χ1n) is 22.6. The zero-order valence-electron chi connectivity index (χ0n) is 36.2. The number of nitrogens with one attached hydrogen (secondary N) is 2. The van der Waals surface area contributed by atoms with Gasteiger partial charge in [-0.2, -0.15) is 4.68 Å². The van der Waals surface area contributed by atoms with E-state index < -0.39 is 17.5 Å². The van der Waals surface area contributed by atoms with E-state index in [-0.39, 0.29) is 54.4 Å². The number of benzene rings is 3. The molecule has 1 aliphatic carbocycles. The van der Waals surface area contributed by atoms with Crippen LogP contribution in [0.25, 0.3) is 10.9 Å². The minimum absolute atomic E-state index is 0.0440. The lowest BCUT2D eigenvalue weighted by Gasteiger charge is -2.37. The molecule has 0 bridgehead atoms. The average Bonchev–Trinajstić information content (AvgIpc) is 3.95. The Morgan fingerprint density at radius 3 is 2.33 bits per heavy atom. The molecule has 2 unspecified atom stereocenters. The van der Waals surface area contributed by atoms with Gasteiger partial charge in [-0.3, -0.25) is 34.2 Å². The van der Waals surface area contributed by atoms with Crippen LogP contribution >= 0.6 is 0 Å². The van der Waals surface area contributed by atoms with E-state index in [2.05, 4.69) is 80.1 Å². The minimum Gasteiger partial charge on any atom is -0.376 e. The Labute approximate surface area is 366 Å². The van der Waals surface area contributed by atoms with Crippen molar-refractivity contribution in [1.82, 2.24) is 39.9 Å². The van der Waals surface area contributed by atoms with E-state index in [0.717, 1.165) is 74.1 Å². The van der Waals surface area contributed by atoms with E-state index in [1.165, 1.54) is 11.3 Å². The maximum atomic E-state index is 15.0. The summed E-state index contributed by atoms with van der Waals surface area (Å²) in [4.78, 5) is 74.7. The van der Waals surface area contributed by atoms with Gasteiger partial charge in [-0.25, -0.2) is 4.39 Å². The fraction of sp³-hybridized carbons (Fsp3) is 0.511. The number of carbonyl (C=O) groups excluding carboxylic acids is 4. The number of amides is 4. The Hall–Kier alpha value is -5.74. The van der Waals surface area contributed by atoms with Crippen LogP contribution in [0.5, 0.6) is 0 Å². The number of hydrogen-bond acceptors (Lipinski definition) is 11. The molecule has 63 heavy (non-hydrogen) atoms. The smallest absolute Gasteiger partial charge is 0.278 e. The second-order valence-corrected chi connectivity index (χ2v) is 18.2. The number of fused-ring (bicyclic) bond motifs is 2. The number of hydrogen-bond donors (Lipinski definition) is 2. The molecular formula is C47H57FN10O5. The van der Waals surface area contributed by atoms with E-state index in [0.29, 0.717) is 61.7 Å². The molecule has 5 aliphatic rings. The van der Waals surface area contributed by atoms with Crippen molar-refractivity contribution in [2.75, 3.05) is 83.2 Å². The monoisotopic (exact) mass is 860 g/mol. The summed E-state index contributed by atoms with van der Waals surface area (Å²) in [7, 11) is 4.30. The van der Waals surface area contributed by atoms with Gasteiger partial charge in [0.2, 0.25) is 17.7 Å². The van der Waals surface area contributed by atoms with Crippen LogP contribution in [0.15, 0.2) is 65.5 Å². The van der Waals surface area contributed by atoms with Gasteiger partial charge >= 0.3 is 0 Å². The Bertz CT molecular complexity index is 2430. The van der Waals surface area contributed by atoms with Crippen molar-refractivity contribution >= 4 is 45.9 Å². The van der Waals surface area contributed by atoms with Gasteiger partial charge in [0.05, 0.1) is 11.9 Å². The standard InChI is InChI=1S/C47H57FN10O5/c1-53(2)41-29-57(39-14-9-32-4-3-5-37(48)45(32)39)28-36(41)31-7-11-34(12-8-31)54-22-24-56(25-23-54)43(60)17-6-30-18-20-55(21-19-30)44(61)27-49-33-10-13-38-35(26-33)47(63)58(52-51-38)40-15-16-42(59)50-46(40)62/h3-5,7-8,10-13,26,30,36,39-41,49H,6,9,14-25,27-29H2,1-2H3,(H,50,59,62)/t36-,39?,40?,41+/m1/s1. The van der Waals surface area contributed by atoms with Gasteiger partial charge in [0.15, 0.2) is 0 Å². The number of halogens is 1. The van der Waals surface area contributed by atoms with Crippen molar-refractivity contribution < 1.29 is 23.6 Å². The molecule has 332 valence electrons. The lowest BCUT2D eigenvalue weighted by molar-refractivity contribution is -0.136. The van der Waals surface area contributed by atoms with Crippen LogP contribution in [0, 0.1) is 11.7 Å². The number of nitrogens with zero attached hydrogens (tertiary/aromatic N) is 8. The summed E-state index contributed by atoms with van der Waals surface area (Å²) in [5.74, 6) is -0.166. The number of likely N-dealkylation sites (tertiary alicyclic amines) is 2. The van der Waals surface area contributed by atoms with Crippen molar-refractivity contribution in [3.8, 4) is 0 Å². The van der Waals surface area contributed by atoms with Crippen LogP contribution in [0.2, 0.25) is 0 Å². The van der Waals surface area contributed by atoms with E-state index in [1.54, 1.807) is 24.3 Å². The average molecular weight is 861 g/mol. The largest absolute Gasteiger partial charge is 0.376 e. The van der Waals surface area contributed by atoms with E-state index >= 15 is 0 Å². The first-order valence-corrected chi connectivity index (χ1v) is 22.6. The number of imide groups is 1. The zero-order chi connectivity index (χ0) is 43.8. The van der Waals surface area contributed by atoms with Crippen molar-refractivity contribution in [2.45, 2.75) is 75.4 Å². The van der Waals surface area contributed by atoms with Crippen molar-refractivity contribution in [1.29, 1.82) is 0 Å². The normalized spacial score (nSPS) is 23.4. The lowest BCUT2D eigenvalue weighted by atomic mass is 9.92. The third-order valence-corrected chi connectivity index (χ3v) is 14.3. The van der Waals surface area contributed by atoms with Crippen LogP contribution in [0.1, 0.15) is 79.6 Å². The van der Waals surface area contributed by atoms with Gasteiger partial charge in [-0.05, 0) is 106 Å². The summed E-state index contributed by atoms with van der Waals surface area (Å²) in [5.41, 5.74) is 4.97. The second kappa shape index (κ2) is 18.2. The maximum Gasteiger partial charge on any atom is 0.278 e. The van der Waals surface area contributed by atoms with E-state index in [9.17, 15) is 28.4 Å². The molecule has 3 aromatic carbocycles. The second-order valence-electron chi connectivity index (χ2n) is 18.2. The highest BCUT2D eigenvalue weighted by Gasteiger charge is 2.41. The van der Waals surface area contributed by atoms with Crippen molar-refractivity contribution in [3.05, 3.63) is 93.5 Å². The summed E-state index contributed by atoms with van der Waals surface area (Å²) in [6.45, 7) is 6.11.